The lowest BCUT2D eigenvalue weighted by Gasteiger charge is -2.11. The van der Waals surface area contributed by atoms with E-state index in [0.29, 0.717) is 12.1 Å². The molecule has 2 nitrogen and oxygen atoms in total. The van der Waals surface area contributed by atoms with Crippen LogP contribution in [0.1, 0.15) is 5.56 Å². The summed E-state index contributed by atoms with van der Waals surface area (Å²) in [7, 11) is 0. The van der Waals surface area contributed by atoms with Crippen LogP contribution in [0.3, 0.4) is 0 Å². The maximum Gasteiger partial charge on any atom is 0.573 e. The Morgan fingerprint density at radius 2 is 1.76 bits per heavy atom. The average Bonchev–Trinajstić information content (AvgIpc) is 2.36. The van der Waals surface area contributed by atoms with Crippen LogP contribution in [0.2, 0.25) is 0 Å². The third kappa shape index (κ3) is 5.22. The highest BCUT2D eigenvalue weighted by atomic mass is 79.9. The molecule has 0 saturated carbocycles. The minimum Gasteiger partial charge on any atom is -0.406 e. The standard InChI is InChI=1S/C14H11BrF3NO.ClH/c15-12-5-9(8-19)4-11(6-12)10-2-1-3-13(7-10)20-14(16,17)18;/h1-7H,8,19H2;1H. The van der Waals surface area contributed by atoms with Crippen molar-refractivity contribution in [2.75, 3.05) is 0 Å². The first kappa shape index (κ1) is 17.8. The van der Waals surface area contributed by atoms with Crippen LogP contribution in [0.15, 0.2) is 46.9 Å². The van der Waals surface area contributed by atoms with Crippen molar-refractivity contribution in [1.29, 1.82) is 0 Å². The van der Waals surface area contributed by atoms with Gasteiger partial charge in [-0.3, -0.25) is 0 Å². The van der Waals surface area contributed by atoms with Gasteiger partial charge in [-0.2, -0.15) is 0 Å². The van der Waals surface area contributed by atoms with E-state index in [-0.39, 0.29) is 18.2 Å². The quantitative estimate of drug-likeness (QED) is 0.820. The Hall–Kier alpha value is -1.24. The summed E-state index contributed by atoms with van der Waals surface area (Å²) in [5.74, 6) is -0.246. The van der Waals surface area contributed by atoms with Gasteiger partial charge in [0.05, 0.1) is 0 Å². The lowest BCUT2D eigenvalue weighted by molar-refractivity contribution is -0.274. The Balaban J connectivity index is 0.00000220. The molecule has 0 aliphatic rings. The van der Waals surface area contributed by atoms with Crippen LogP contribution >= 0.6 is 28.3 Å². The molecular formula is C14H12BrClF3NO. The number of hydrogen-bond acceptors (Lipinski definition) is 2. The molecule has 0 bridgehead atoms. The minimum absolute atomic E-state index is 0. The van der Waals surface area contributed by atoms with Crippen LogP contribution in [-0.4, -0.2) is 6.36 Å². The maximum absolute atomic E-state index is 12.2. The number of hydrogen-bond donors (Lipinski definition) is 1. The molecule has 7 heteroatoms. The van der Waals surface area contributed by atoms with Crippen molar-refractivity contribution in [2.45, 2.75) is 12.9 Å². The fourth-order valence-electron chi connectivity index (χ4n) is 1.81. The minimum atomic E-state index is -4.70. The second kappa shape index (κ2) is 7.15. The van der Waals surface area contributed by atoms with Crippen LogP contribution < -0.4 is 10.5 Å². The van der Waals surface area contributed by atoms with Gasteiger partial charge in [-0.05, 0) is 47.0 Å². The van der Waals surface area contributed by atoms with Gasteiger partial charge in [-0.1, -0.05) is 28.1 Å². The van der Waals surface area contributed by atoms with Crippen molar-refractivity contribution in [3.8, 4) is 16.9 Å². The van der Waals surface area contributed by atoms with Gasteiger partial charge in [-0.15, -0.1) is 25.6 Å². The zero-order chi connectivity index (χ0) is 14.8. The molecule has 2 N–H and O–H groups in total. The molecule has 0 aliphatic heterocycles. The number of halogens is 5. The lowest BCUT2D eigenvalue weighted by atomic mass is 10.0. The summed E-state index contributed by atoms with van der Waals surface area (Å²) >= 11 is 3.35. The summed E-state index contributed by atoms with van der Waals surface area (Å²) in [5, 5.41) is 0. The average molecular weight is 383 g/mol. The Labute approximate surface area is 134 Å². The van der Waals surface area contributed by atoms with E-state index in [1.54, 1.807) is 6.07 Å². The molecule has 0 heterocycles. The molecule has 114 valence electrons. The molecule has 2 rings (SSSR count). The van der Waals surface area contributed by atoms with Gasteiger partial charge in [-0.25, -0.2) is 0 Å². The predicted octanol–water partition coefficient (Wildman–Crippen LogP) is 4.90. The van der Waals surface area contributed by atoms with Crippen molar-refractivity contribution >= 4 is 28.3 Å². The highest BCUT2D eigenvalue weighted by molar-refractivity contribution is 9.10. The monoisotopic (exact) mass is 381 g/mol. The number of nitrogens with two attached hydrogens (primary N) is 1. The number of alkyl halides is 3. The molecule has 21 heavy (non-hydrogen) atoms. The predicted molar refractivity (Wildman–Crippen MR) is 81.4 cm³/mol. The third-order valence-corrected chi connectivity index (χ3v) is 3.05. The topological polar surface area (TPSA) is 35.2 Å². The largest absolute Gasteiger partial charge is 0.573 e. The molecule has 0 saturated heterocycles. The van der Waals surface area contributed by atoms with Crippen molar-refractivity contribution in [1.82, 2.24) is 0 Å². The van der Waals surface area contributed by atoms with Crippen molar-refractivity contribution in [2.24, 2.45) is 5.73 Å². The summed E-state index contributed by atoms with van der Waals surface area (Å²) in [5.41, 5.74) is 7.87. The smallest absolute Gasteiger partial charge is 0.406 e. The highest BCUT2D eigenvalue weighted by Gasteiger charge is 2.31. The number of benzene rings is 2. The van der Waals surface area contributed by atoms with E-state index < -0.39 is 6.36 Å². The zero-order valence-corrected chi connectivity index (χ0v) is 13.1. The summed E-state index contributed by atoms with van der Waals surface area (Å²) in [6, 6.07) is 11.3. The van der Waals surface area contributed by atoms with Crippen LogP contribution in [0, 0.1) is 0 Å². The van der Waals surface area contributed by atoms with E-state index >= 15 is 0 Å². The molecule has 0 aliphatic carbocycles. The van der Waals surface area contributed by atoms with E-state index in [1.807, 2.05) is 18.2 Å². The van der Waals surface area contributed by atoms with Gasteiger partial charge in [0.25, 0.3) is 0 Å². The lowest BCUT2D eigenvalue weighted by Crippen LogP contribution is -2.17. The zero-order valence-electron chi connectivity index (χ0n) is 10.7. The van der Waals surface area contributed by atoms with Crippen molar-refractivity contribution in [3.05, 3.63) is 52.5 Å². The molecule has 0 radical (unpaired) electrons. The number of ether oxygens (including phenoxy) is 1. The number of rotatable bonds is 3. The van der Waals surface area contributed by atoms with E-state index in [4.69, 9.17) is 5.73 Å². The molecule has 0 unspecified atom stereocenters. The third-order valence-electron chi connectivity index (χ3n) is 2.59. The van der Waals surface area contributed by atoms with Gasteiger partial charge in [0, 0.05) is 11.0 Å². The summed E-state index contributed by atoms with van der Waals surface area (Å²) in [6.45, 7) is 0.352. The van der Waals surface area contributed by atoms with Gasteiger partial charge >= 0.3 is 6.36 Å². The summed E-state index contributed by atoms with van der Waals surface area (Å²) < 4.78 is 41.4. The first-order valence-electron chi connectivity index (χ1n) is 5.73. The van der Waals surface area contributed by atoms with E-state index in [1.165, 1.54) is 18.2 Å². The Bertz CT molecular complexity index is 619. The molecular weight excluding hydrogens is 371 g/mol. The molecule has 0 aromatic heterocycles. The fourth-order valence-corrected chi connectivity index (χ4v) is 2.35. The first-order valence-corrected chi connectivity index (χ1v) is 6.52. The molecule has 0 amide bonds. The van der Waals surface area contributed by atoms with Crippen molar-refractivity contribution in [3.63, 3.8) is 0 Å². The second-order valence-corrected chi connectivity index (χ2v) is 5.04. The van der Waals surface area contributed by atoms with Crippen LogP contribution in [0.4, 0.5) is 13.2 Å². The normalized spacial score (nSPS) is 10.9. The van der Waals surface area contributed by atoms with Gasteiger partial charge in [0.15, 0.2) is 0 Å². The molecule has 0 fully saturated rings. The van der Waals surface area contributed by atoms with E-state index in [9.17, 15) is 13.2 Å². The van der Waals surface area contributed by atoms with Crippen LogP contribution in [0.25, 0.3) is 11.1 Å². The fraction of sp³-hybridized carbons (Fsp3) is 0.143. The summed E-state index contributed by atoms with van der Waals surface area (Å²) in [4.78, 5) is 0. The van der Waals surface area contributed by atoms with Gasteiger partial charge in [0.1, 0.15) is 5.75 Å². The molecule has 0 spiro atoms. The molecule has 0 atom stereocenters. The van der Waals surface area contributed by atoms with Gasteiger partial charge in [0.2, 0.25) is 0 Å². The first-order chi connectivity index (χ1) is 9.37. The highest BCUT2D eigenvalue weighted by Crippen LogP contribution is 2.30. The van der Waals surface area contributed by atoms with Crippen molar-refractivity contribution < 1.29 is 17.9 Å². The van der Waals surface area contributed by atoms with Gasteiger partial charge < -0.3 is 10.5 Å². The van der Waals surface area contributed by atoms with Crippen LogP contribution in [0.5, 0.6) is 5.75 Å². The second-order valence-electron chi connectivity index (χ2n) is 4.13. The van der Waals surface area contributed by atoms with E-state index in [0.717, 1.165) is 15.6 Å². The SMILES string of the molecule is Cl.NCc1cc(Br)cc(-c2cccc(OC(F)(F)F)c2)c1. The molecule has 2 aromatic rings. The Morgan fingerprint density at radius 1 is 1.05 bits per heavy atom. The molecule has 2 aromatic carbocycles. The Kier molecular flexibility index (Phi) is 6.07. The van der Waals surface area contributed by atoms with E-state index in [2.05, 4.69) is 20.7 Å². The Morgan fingerprint density at radius 3 is 2.38 bits per heavy atom. The maximum atomic E-state index is 12.2. The van der Waals surface area contributed by atoms with Crippen LogP contribution in [-0.2, 0) is 6.54 Å². The summed E-state index contributed by atoms with van der Waals surface area (Å²) in [6.07, 6.45) is -4.70.